The first-order valence-corrected chi connectivity index (χ1v) is 6.41. The van der Waals surface area contributed by atoms with E-state index in [-0.39, 0.29) is 0 Å². The molecule has 0 spiro atoms. The van der Waals surface area contributed by atoms with E-state index in [1.165, 1.54) is 10.3 Å². The number of fused-ring (bicyclic) bond motifs is 1. The molecule has 0 aliphatic rings. The van der Waals surface area contributed by atoms with Crippen LogP contribution in [0.2, 0.25) is 0 Å². The summed E-state index contributed by atoms with van der Waals surface area (Å²) in [5.74, 6) is 2.10. The molecule has 0 unspecified atom stereocenters. The van der Waals surface area contributed by atoms with Gasteiger partial charge in [-0.25, -0.2) is 4.98 Å². The molecule has 0 atom stereocenters. The van der Waals surface area contributed by atoms with Crippen LogP contribution in [0.1, 0.15) is 6.92 Å². The number of hydrogen-bond donors (Lipinski definition) is 0. The van der Waals surface area contributed by atoms with Crippen molar-refractivity contribution >= 4 is 28.5 Å². The zero-order valence-electron chi connectivity index (χ0n) is 9.90. The molecule has 0 aliphatic carbocycles. The van der Waals surface area contributed by atoms with Gasteiger partial charge in [0, 0.05) is 24.4 Å². The number of aromatic nitrogens is 1. The van der Waals surface area contributed by atoms with Crippen LogP contribution in [0.5, 0.6) is 0 Å². The zero-order chi connectivity index (χ0) is 11.5. The van der Waals surface area contributed by atoms with Crippen molar-refractivity contribution < 1.29 is 0 Å². The van der Waals surface area contributed by atoms with Crippen LogP contribution in [0.4, 0.5) is 5.82 Å². The molecule has 2 aromatic rings. The number of rotatable bonds is 3. The van der Waals surface area contributed by atoms with Crippen LogP contribution in [0.3, 0.4) is 0 Å². The van der Waals surface area contributed by atoms with E-state index in [0.29, 0.717) is 0 Å². The third kappa shape index (κ3) is 2.14. The van der Waals surface area contributed by atoms with Crippen LogP contribution in [0.25, 0.3) is 10.9 Å². The van der Waals surface area contributed by atoms with E-state index in [4.69, 9.17) is 0 Å². The second-order valence-electron chi connectivity index (χ2n) is 3.82. The van der Waals surface area contributed by atoms with Gasteiger partial charge in [-0.2, -0.15) is 0 Å². The van der Waals surface area contributed by atoms with Crippen molar-refractivity contribution in [1.82, 2.24) is 4.98 Å². The SMILES string of the molecule is CCSc1cccc2nc(N(C)C)ccc12. The molecule has 3 heteroatoms. The third-order valence-corrected chi connectivity index (χ3v) is 3.39. The topological polar surface area (TPSA) is 16.1 Å². The lowest BCUT2D eigenvalue weighted by molar-refractivity contribution is 1.08. The largest absolute Gasteiger partial charge is 0.363 e. The molecule has 1 heterocycles. The number of benzene rings is 1. The zero-order valence-corrected chi connectivity index (χ0v) is 10.7. The third-order valence-electron chi connectivity index (χ3n) is 2.44. The summed E-state index contributed by atoms with van der Waals surface area (Å²) in [4.78, 5) is 7.97. The Balaban J connectivity index is 2.55. The molecule has 0 bridgehead atoms. The molecule has 0 saturated heterocycles. The average Bonchev–Trinajstić information content (AvgIpc) is 2.29. The van der Waals surface area contributed by atoms with Gasteiger partial charge in [0.2, 0.25) is 0 Å². The Hall–Kier alpha value is -1.22. The lowest BCUT2D eigenvalue weighted by Crippen LogP contribution is -2.10. The van der Waals surface area contributed by atoms with Crippen molar-refractivity contribution in [1.29, 1.82) is 0 Å². The Bertz CT molecular complexity index is 494. The van der Waals surface area contributed by atoms with E-state index < -0.39 is 0 Å². The van der Waals surface area contributed by atoms with Gasteiger partial charge in [-0.3, -0.25) is 0 Å². The lowest BCUT2D eigenvalue weighted by Gasteiger charge is -2.12. The normalized spacial score (nSPS) is 10.7. The maximum Gasteiger partial charge on any atom is 0.128 e. The fraction of sp³-hybridized carbons (Fsp3) is 0.308. The van der Waals surface area contributed by atoms with Crippen molar-refractivity contribution in [3.8, 4) is 0 Å². The number of pyridine rings is 1. The standard InChI is InChI=1S/C13H16N2S/c1-4-16-12-7-5-6-11-10(12)8-9-13(14-11)15(2)3/h5-9H,4H2,1-3H3. The van der Waals surface area contributed by atoms with Crippen LogP contribution in [0, 0.1) is 0 Å². The Morgan fingerprint density at radius 3 is 2.69 bits per heavy atom. The van der Waals surface area contributed by atoms with E-state index in [0.717, 1.165) is 17.1 Å². The molecular formula is C13H16N2S. The Labute approximate surface area is 101 Å². The molecule has 0 fully saturated rings. The summed E-state index contributed by atoms with van der Waals surface area (Å²) in [6, 6.07) is 10.5. The number of nitrogens with zero attached hydrogens (tertiary/aromatic N) is 2. The average molecular weight is 232 g/mol. The van der Waals surface area contributed by atoms with Crippen LogP contribution in [0.15, 0.2) is 35.2 Å². The summed E-state index contributed by atoms with van der Waals surface area (Å²) in [6.07, 6.45) is 0. The molecule has 2 nitrogen and oxygen atoms in total. The van der Waals surface area contributed by atoms with Crippen LogP contribution < -0.4 is 4.90 Å². The summed E-state index contributed by atoms with van der Waals surface area (Å²) in [6.45, 7) is 2.17. The van der Waals surface area contributed by atoms with Gasteiger partial charge >= 0.3 is 0 Å². The molecular weight excluding hydrogens is 216 g/mol. The molecule has 1 aromatic heterocycles. The Morgan fingerprint density at radius 1 is 1.19 bits per heavy atom. The smallest absolute Gasteiger partial charge is 0.128 e. The minimum Gasteiger partial charge on any atom is -0.363 e. The van der Waals surface area contributed by atoms with Crippen molar-refractivity contribution in [3.63, 3.8) is 0 Å². The fourth-order valence-corrected chi connectivity index (χ4v) is 2.46. The van der Waals surface area contributed by atoms with E-state index in [1.807, 2.05) is 30.8 Å². The molecule has 0 aliphatic heterocycles. The second kappa shape index (κ2) is 4.74. The second-order valence-corrected chi connectivity index (χ2v) is 5.13. The highest BCUT2D eigenvalue weighted by Gasteiger charge is 2.03. The molecule has 0 amide bonds. The predicted octanol–water partition coefficient (Wildman–Crippen LogP) is 3.41. The van der Waals surface area contributed by atoms with Gasteiger partial charge in [-0.05, 0) is 30.0 Å². The van der Waals surface area contributed by atoms with Crippen molar-refractivity contribution in [3.05, 3.63) is 30.3 Å². The molecule has 0 N–H and O–H groups in total. The summed E-state index contributed by atoms with van der Waals surface area (Å²) < 4.78 is 0. The summed E-state index contributed by atoms with van der Waals surface area (Å²) in [7, 11) is 4.03. The van der Waals surface area contributed by atoms with Gasteiger partial charge in [-0.1, -0.05) is 13.0 Å². The monoisotopic (exact) mass is 232 g/mol. The van der Waals surface area contributed by atoms with Crippen molar-refractivity contribution in [2.75, 3.05) is 24.7 Å². The van der Waals surface area contributed by atoms with Gasteiger partial charge in [-0.15, -0.1) is 11.8 Å². The van der Waals surface area contributed by atoms with Crippen LogP contribution >= 0.6 is 11.8 Å². The minimum atomic E-state index is 1.01. The highest BCUT2D eigenvalue weighted by Crippen LogP contribution is 2.27. The number of hydrogen-bond acceptors (Lipinski definition) is 3. The summed E-state index contributed by atoms with van der Waals surface area (Å²) in [5, 5.41) is 1.25. The van der Waals surface area contributed by atoms with Crippen LogP contribution in [-0.4, -0.2) is 24.8 Å². The lowest BCUT2D eigenvalue weighted by atomic mass is 10.2. The van der Waals surface area contributed by atoms with Gasteiger partial charge in [0.05, 0.1) is 5.52 Å². The Kier molecular flexibility index (Phi) is 3.34. The maximum absolute atomic E-state index is 4.63. The van der Waals surface area contributed by atoms with Crippen molar-refractivity contribution in [2.24, 2.45) is 0 Å². The van der Waals surface area contributed by atoms with E-state index in [9.17, 15) is 0 Å². The van der Waals surface area contributed by atoms with Gasteiger partial charge in [0.25, 0.3) is 0 Å². The quantitative estimate of drug-likeness (QED) is 0.754. The highest BCUT2D eigenvalue weighted by atomic mass is 32.2. The van der Waals surface area contributed by atoms with Crippen LogP contribution in [-0.2, 0) is 0 Å². The van der Waals surface area contributed by atoms with Gasteiger partial charge in [0.1, 0.15) is 5.82 Å². The predicted molar refractivity (Wildman–Crippen MR) is 72.5 cm³/mol. The highest BCUT2D eigenvalue weighted by molar-refractivity contribution is 7.99. The Morgan fingerprint density at radius 2 is 2.00 bits per heavy atom. The molecule has 2 rings (SSSR count). The molecule has 16 heavy (non-hydrogen) atoms. The first kappa shape index (κ1) is 11.3. The van der Waals surface area contributed by atoms with E-state index in [1.54, 1.807) is 0 Å². The summed E-state index contributed by atoms with van der Waals surface area (Å²) in [5.41, 5.74) is 1.07. The van der Waals surface area contributed by atoms with Gasteiger partial charge < -0.3 is 4.90 Å². The first-order chi connectivity index (χ1) is 7.72. The minimum absolute atomic E-state index is 1.01. The number of thioether (sulfide) groups is 1. The van der Waals surface area contributed by atoms with Gasteiger partial charge in [0.15, 0.2) is 0 Å². The molecule has 84 valence electrons. The maximum atomic E-state index is 4.63. The van der Waals surface area contributed by atoms with E-state index in [2.05, 4.69) is 42.2 Å². The first-order valence-electron chi connectivity index (χ1n) is 5.42. The molecule has 1 aromatic carbocycles. The van der Waals surface area contributed by atoms with E-state index >= 15 is 0 Å². The van der Waals surface area contributed by atoms with Crippen molar-refractivity contribution in [2.45, 2.75) is 11.8 Å². The number of anilines is 1. The molecule has 0 radical (unpaired) electrons. The summed E-state index contributed by atoms with van der Waals surface area (Å²) >= 11 is 1.87. The fourth-order valence-electron chi connectivity index (χ4n) is 1.65. The molecule has 0 saturated carbocycles.